The van der Waals surface area contributed by atoms with Crippen LogP contribution in [-0.4, -0.2) is 36.1 Å². The summed E-state index contributed by atoms with van der Waals surface area (Å²) in [4.78, 5) is 2.39. The van der Waals surface area contributed by atoms with Gasteiger partial charge in [-0.25, -0.2) is 9.07 Å². The minimum atomic E-state index is -0.230. The van der Waals surface area contributed by atoms with E-state index >= 15 is 0 Å². The third kappa shape index (κ3) is 3.39. The fourth-order valence-corrected chi connectivity index (χ4v) is 3.09. The Morgan fingerprint density at radius 3 is 2.39 bits per heavy atom. The van der Waals surface area contributed by atoms with Crippen LogP contribution in [-0.2, 0) is 4.74 Å². The molecule has 0 spiro atoms. The van der Waals surface area contributed by atoms with E-state index in [0.29, 0.717) is 12.0 Å². The molecule has 1 aliphatic heterocycles. The second kappa shape index (κ2) is 6.71. The minimum absolute atomic E-state index is 0.230. The van der Waals surface area contributed by atoms with Gasteiger partial charge in [-0.1, -0.05) is 13.8 Å². The number of nitrogens with zero attached hydrogens (tertiary/aromatic N) is 3. The topological polar surface area (TPSA) is 30.3 Å². The first-order valence-electron chi connectivity index (χ1n) is 8.21. The van der Waals surface area contributed by atoms with E-state index in [1.807, 2.05) is 4.68 Å². The molecule has 1 saturated heterocycles. The highest BCUT2D eigenvalue weighted by atomic mass is 19.1. The Bertz CT molecular complexity index is 643. The van der Waals surface area contributed by atoms with E-state index in [9.17, 15) is 4.39 Å². The molecule has 3 rings (SSSR count). The lowest BCUT2D eigenvalue weighted by Gasteiger charge is -2.32. The van der Waals surface area contributed by atoms with Gasteiger partial charge in [0.1, 0.15) is 5.82 Å². The second-order valence-electron chi connectivity index (χ2n) is 6.40. The first-order chi connectivity index (χ1) is 11.1. The summed E-state index contributed by atoms with van der Waals surface area (Å²) in [5.74, 6) is 0.110. The van der Waals surface area contributed by atoms with E-state index in [2.05, 4.69) is 24.9 Å². The zero-order chi connectivity index (χ0) is 16.4. The third-order valence-corrected chi connectivity index (χ3v) is 4.48. The number of methoxy groups -OCH3 is 1. The van der Waals surface area contributed by atoms with Crippen LogP contribution in [0.4, 0.5) is 10.1 Å². The van der Waals surface area contributed by atoms with Crippen molar-refractivity contribution in [2.45, 2.75) is 38.7 Å². The number of aromatic nitrogens is 2. The van der Waals surface area contributed by atoms with Crippen molar-refractivity contribution in [3.63, 3.8) is 0 Å². The van der Waals surface area contributed by atoms with E-state index in [1.165, 1.54) is 17.8 Å². The molecule has 0 radical (unpaired) electrons. The van der Waals surface area contributed by atoms with Crippen molar-refractivity contribution in [1.82, 2.24) is 9.78 Å². The van der Waals surface area contributed by atoms with Crippen LogP contribution in [0.2, 0.25) is 0 Å². The molecule has 0 aliphatic carbocycles. The fraction of sp³-hybridized carbons (Fsp3) is 0.500. The van der Waals surface area contributed by atoms with Crippen molar-refractivity contribution in [3.8, 4) is 5.69 Å². The van der Waals surface area contributed by atoms with E-state index in [1.54, 1.807) is 19.2 Å². The highest BCUT2D eigenvalue weighted by Crippen LogP contribution is 2.30. The summed E-state index contributed by atoms with van der Waals surface area (Å²) in [7, 11) is 1.78. The Balaban J connectivity index is 1.89. The number of rotatable bonds is 4. The number of anilines is 1. The molecule has 5 heteroatoms. The average Bonchev–Trinajstić information content (AvgIpc) is 3.01. The molecule has 0 saturated carbocycles. The first-order valence-corrected chi connectivity index (χ1v) is 8.21. The highest BCUT2D eigenvalue weighted by molar-refractivity contribution is 5.53. The number of piperidine rings is 1. The van der Waals surface area contributed by atoms with Gasteiger partial charge < -0.3 is 9.64 Å². The number of ether oxygens (including phenoxy) is 1. The van der Waals surface area contributed by atoms with Crippen molar-refractivity contribution in [1.29, 1.82) is 0 Å². The Morgan fingerprint density at radius 1 is 1.17 bits per heavy atom. The highest BCUT2D eigenvalue weighted by Gasteiger charge is 2.24. The van der Waals surface area contributed by atoms with Crippen LogP contribution in [0.3, 0.4) is 0 Å². The summed E-state index contributed by atoms with van der Waals surface area (Å²) in [5, 5.41) is 4.75. The smallest absolute Gasteiger partial charge is 0.123 e. The third-order valence-electron chi connectivity index (χ3n) is 4.48. The summed E-state index contributed by atoms with van der Waals surface area (Å²) >= 11 is 0. The summed E-state index contributed by atoms with van der Waals surface area (Å²) in [6.45, 7) is 6.27. The van der Waals surface area contributed by atoms with Crippen molar-refractivity contribution in [2.24, 2.45) is 0 Å². The Labute approximate surface area is 136 Å². The Hall–Kier alpha value is -1.88. The molecule has 124 valence electrons. The van der Waals surface area contributed by atoms with Gasteiger partial charge in [0.2, 0.25) is 0 Å². The molecule has 0 unspecified atom stereocenters. The fourth-order valence-electron chi connectivity index (χ4n) is 3.09. The van der Waals surface area contributed by atoms with Gasteiger partial charge in [-0.2, -0.15) is 5.10 Å². The van der Waals surface area contributed by atoms with E-state index in [4.69, 9.17) is 9.84 Å². The lowest BCUT2D eigenvalue weighted by Crippen LogP contribution is -2.37. The molecule has 2 heterocycles. The summed E-state index contributed by atoms with van der Waals surface area (Å²) in [5.41, 5.74) is 3.15. The van der Waals surface area contributed by atoms with Crippen LogP contribution in [0.15, 0.2) is 30.5 Å². The molecule has 1 fully saturated rings. The molecule has 1 aromatic carbocycles. The molecule has 1 aromatic heterocycles. The van der Waals surface area contributed by atoms with Crippen LogP contribution < -0.4 is 4.90 Å². The van der Waals surface area contributed by atoms with Crippen LogP contribution in [0, 0.1) is 5.82 Å². The maximum absolute atomic E-state index is 13.1. The van der Waals surface area contributed by atoms with Crippen molar-refractivity contribution in [2.75, 3.05) is 25.1 Å². The molecule has 0 amide bonds. The van der Waals surface area contributed by atoms with Crippen LogP contribution in [0.5, 0.6) is 0 Å². The standard InChI is InChI=1S/C18H24FN3O/c1-13(2)18-17(21-10-8-16(23-3)9-11-21)12-22(20-18)15-6-4-14(19)5-7-15/h4-7,12-13,16H,8-11H2,1-3H3. The van der Waals surface area contributed by atoms with Crippen molar-refractivity contribution < 1.29 is 9.13 Å². The molecule has 2 aromatic rings. The van der Waals surface area contributed by atoms with Crippen LogP contribution in [0.25, 0.3) is 5.69 Å². The molecule has 0 N–H and O–H groups in total. The van der Waals surface area contributed by atoms with E-state index < -0.39 is 0 Å². The molecule has 23 heavy (non-hydrogen) atoms. The maximum atomic E-state index is 13.1. The predicted molar refractivity (Wildman–Crippen MR) is 89.9 cm³/mol. The van der Waals surface area contributed by atoms with Gasteiger partial charge in [-0.05, 0) is 43.0 Å². The predicted octanol–water partition coefficient (Wildman–Crippen LogP) is 3.75. The lowest BCUT2D eigenvalue weighted by molar-refractivity contribution is 0.0819. The maximum Gasteiger partial charge on any atom is 0.123 e. The average molecular weight is 317 g/mol. The second-order valence-corrected chi connectivity index (χ2v) is 6.40. The first kappa shape index (κ1) is 16.0. The Kier molecular flexibility index (Phi) is 4.66. The van der Waals surface area contributed by atoms with Gasteiger partial charge in [0.25, 0.3) is 0 Å². The number of hydrogen-bond acceptors (Lipinski definition) is 3. The van der Waals surface area contributed by atoms with Crippen LogP contribution >= 0.6 is 0 Å². The van der Waals surface area contributed by atoms with E-state index in [-0.39, 0.29) is 5.82 Å². The zero-order valence-corrected chi connectivity index (χ0v) is 14.0. The number of benzene rings is 1. The summed E-state index contributed by atoms with van der Waals surface area (Å²) < 4.78 is 20.4. The van der Waals surface area contributed by atoms with Crippen molar-refractivity contribution >= 4 is 5.69 Å². The molecular weight excluding hydrogens is 293 g/mol. The van der Waals surface area contributed by atoms with Gasteiger partial charge >= 0.3 is 0 Å². The minimum Gasteiger partial charge on any atom is -0.381 e. The van der Waals surface area contributed by atoms with Gasteiger partial charge in [-0.15, -0.1) is 0 Å². The van der Waals surface area contributed by atoms with Crippen LogP contribution in [0.1, 0.15) is 38.3 Å². The quantitative estimate of drug-likeness (QED) is 0.860. The monoisotopic (exact) mass is 317 g/mol. The molecule has 4 nitrogen and oxygen atoms in total. The largest absolute Gasteiger partial charge is 0.381 e. The van der Waals surface area contributed by atoms with Gasteiger partial charge in [-0.3, -0.25) is 0 Å². The zero-order valence-electron chi connectivity index (χ0n) is 14.0. The molecule has 0 bridgehead atoms. The van der Waals surface area contributed by atoms with E-state index in [0.717, 1.165) is 37.3 Å². The van der Waals surface area contributed by atoms with Crippen molar-refractivity contribution in [3.05, 3.63) is 42.0 Å². The molecule has 0 atom stereocenters. The van der Waals surface area contributed by atoms with Gasteiger partial charge in [0.05, 0.1) is 29.4 Å². The number of halogens is 1. The lowest BCUT2D eigenvalue weighted by atomic mass is 10.0. The molecule has 1 aliphatic rings. The number of hydrogen-bond donors (Lipinski definition) is 0. The SMILES string of the molecule is COC1CCN(c2cn(-c3ccc(F)cc3)nc2C(C)C)CC1. The molecular formula is C18H24FN3O. The van der Waals surface area contributed by atoms with Gasteiger partial charge in [0, 0.05) is 20.2 Å². The summed E-state index contributed by atoms with van der Waals surface area (Å²) in [6, 6.07) is 6.45. The van der Waals surface area contributed by atoms with Gasteiger partial charge in [0.15, 0.2) is 0 Å². The Morgan fingerprint density at radius 2 is 1.83 bits per heavy atom. The summed E-state index contributed by atoms with van der Waals surface area (Å²) in [6.07, 6.45) is 4.50. The normalized spacial score (nSPS) is 16.3.